The number of anilines is 1. The molecule has 2 N–H and O–H groups in total. The van der Waals surface area contributed by atoms with Gasteiger partial charge in [0.05, 0.1) is 12.2 Å². The first-order chi connectivity index (χ1) is 8.53. The monoisotopic (exact) mass is 350 g/mol. The van der Waals surface area contributed by atoms with Crippen molar-refractivity contribution in [3.8, 4) is 0 Å². The highest BCUT2D eigenvalue weighted by Gasteiger charge is 2.22. The molecular formula is C10H11BrN2O3S2. The third kappa shape index (κ3) is 2.94. The van der Waals surface area contributed by atoms with Gasteiger partial charge in [-0.2, -0.15) is 11.3 Å². The summed E-state index contributed by atoms with van der Waals surface area (Å²) in [6.07, 6.45) is 0. The van der Waals surface area contributed by atoms with Crippen LogP contribution in [0.4, 0.5) is 5.69 Å². The van der Waals surface area contributed by atoms with Crippen LogP contribution in [-0.4, -0.2) is 15.5 Å². The molecular weight excluding hydrogens is 340 g/mol. The van der Waals surface area contributed by atoms with Gasteiger partial charge in [0.15, 0.2) is 4.67 Å². The van der Waals surface area contributed by atoms with E-state index in [9.17, 15) is 8.42 Å². The molecule has 2 aromatic heterocycles. The standard InChI is InChI=1S/C10H11BrN2O3S2/c1-12-5-8-4-9(10(11)16-8)18(14,15)13-7-2-3-17-6-7/h2-4,6,12-13H,5H2,1H3. The zero-order valence-corrected chi connectivity index (χ0v) is 12.7. The number of sulfonamides is 1. The molecule has 2 rings (SSSR count). The van der Waals surface area contributed by atoms with Crippen molar-refractivity contribution >= 4 is 43.0 Å². The minimum absolute atomic E-state index is 0.0962. The zero-order chi connectivity index (χ0) is 13.2. The Kier molecular flexibility index (Phi) is 4.10. The molecule has 18 heavy (non-hydrogen) atoms. The van der Waals surface area contributed by atoms with Gasteiger partial charge >= 0.3 is 0 Å². The average molecular weight is 351 g/mol. The first-order valence-corrected chi connectivity index (χ1v) is 8.22. The summed E-state index contributed by atoms with van der Waals surface area (Å²) in [5.74, 6) is 0.551. The fourth-order valence-corrected chi connectivity index (χ4v) is 4.09. The lowest BCUT2D eigenvalue weighted by atomic mass is 10.4. The van der Waals surface area contributed by atoms with Crippen molar-refractivity contribution < 1.29 is 12.8 Å². The van der Waals surface area contributed by atoms with Crippen molar-refractivity contribution in [2.75, 3.05) is 11.8 Å². The molecule has 0 saturated carbocycles. The normalized spacial score (nSPS) is 11.7. The fraction of sp³-hybridized carbons (Fsp3) is 0.200. The molecule has 0 fully saturated rings. The number of hydrogen-bond acceptors (Lipinski definition) is 5. The molecule has 0 aromatic carbocycles. The van der Waals surface area contributed by atoms with Gasteiger partial charge in [0.25, 0.3) is 10.0 Å². The SMILES string of the molecule is CNCc1cc(S(=O)(=O)Nc2ccsc2)c(Br)o1. The van der Waals surface area contributed by atoms with E-state index in [-0.39, 0.29) is 9.56 Å². The van der Waals surface area contributed by atoms with Gasteiger partial charge in [0.2, 0.25) is 0 Å². The maximum atomic E-state index is 12.1. The zero-order valence-electron chi connectivity index (χ0n) is 9.44. The number of halogens is 1. The molecule has 0 atom stereocenters. The highest BCUT2D eigenvalue weighted by molar-refractivity contribution is 9.10. The first-order valence-electron chi connectivity index (χ1n) is 5.01. The van der Waals surface area contributed by atoms with Crippen molar-refractivity contribution in [3.05, 3.63) is 33.3 Å². The maximum absolute atomic E-state index is 12.1. The van der Waals surface area contributed by atoms with Crippen LogP contribution in [0.5, 0.6) is 0 Å². The second-order valence-corrected chi connectivity index (χ2v) is 6.65. The summed E-state index contributed by atoms with van der Waals surface area (Å²) in [4.78, 5) is 0.0962. The largest absolute Gasteiger partial charge is 0.451 e. The highest BCUT2D eigenvalue weighted by atomic mass is 79.9. The quantitative estimate of drug-likeness (QED) is 0.869. The summed E-state index contributed by atoms with van der Waals surface area (Å²) in [5, 5.41) is 6.42. The minimum Gasteiger partial charge on any atom is -0.451 e. The van der Waals surface area contributed by atoms with Gasteiger partial charge in [-0.05, 0) is 34.4 Å². The molecule has 5 nitrogen and oxygen atoms in total. The van der Waals surface area contributed by atoms with E-state index >= 15 is 0 Å². The lowest BCUT2D eigenvalue weighted by Gasteiger charge is -2.03. The molecule has 0 radical (unpaired) electrons. The van der Waals surface area contributed by atoms with E-state index in [1.807, 2.05) is 0 Å². The van der Waals surface area contributed by atoms with Crippen molar-refractivity contribution in [1.29, 1.82) is 0 Å². The Morgan fingerprint density at radius 1 is 1.50 bits per heavy atom. The van der Waals surface area contributed by atoms with Crippen LogP contribution in [0.1, 0.15) is 5.76 Å². The first kappa shape index (κ1) is 13.6. The Morgan fingerprint density at radius 3 is 2.89 bits per heavy atom. The van der Waals surface area contributed by atoms with E-state index in [4.69, 9.17) is 4.42 Å². The molecule has 0 aliphatic rings. The summed E-state index contributed by atoms with van der Waals surface area (Å²) < 4.78 is 32.2. The number of thiophene rings is 1. The summed E-state index contributed by atoms with van der Waals surface area (Å²) in [5.41, 5.74) is 0.545. The minimum atomic E-state index is -3.62. The lowest BCUT2D eigenvalue weighted by Crippen LogP contribution is -2.12. The predicted molar refractivity (Wildman–Crippen MR) is 74.3 cm³/mol. The molecule has 2 heterocycles. The Labute approximate surface area is 117 Å². The topological polar surface area (TPSA) is 71.3 Å². The van der Waals surface area contributed by atoms with Crippen LogP contribution in [0, 0.1) is 0 Å². The highest BCUT2D eigenvalue weighted by Crippen LogP contribution is 2.28. The Bertz CT molecular complexity index is 620. The van der Waals surface area contributed by atoms with E-state index in [1.54, 1.807) is 23.9 Å². The Hall–Kier alpha value is -0.830. The van der Waals surface area contributed by atoms with E-state index in [0.717, 1.165) is 0 Å². The fourth-order valence-electron chi connectivity index (χ4n) is 1.38. The second-order valence-electron chi connectivity index (χ2n) is 3.50. The van der Waals surface area contributed by atoms with E-state index in [1.165, 1.54) is 17.4 Å². The number of furan rings is 1. The molecule has 0 bridgehead atoms. The molecule has 8 heteroatoms. The van der Waals surface area contributed by atoms with Crippen LogP contribution >= 0.6 is 27.3 Å². The van der Waals surface area contributed by atoms with Crippen LogP contribution in [0.25, 0.3) is 0 Å². The van der Waals surface area contributed by atoms with Crippen molar-refractivity contribution in [3.63, 3.8) is 0 Å². The van der Waals surface area contributed by atoms with Gasteiger partial charge in [-0.25, -0.2) is 8.42 Å². The van der Waals surface area contributed by atoms with Crippen molar-refractivity contribution in [2.24, 2.45) is 0 Å². The van der Waals surface area contributed by atoms with Gasteiger partial charge in [-0.3, -0.25) is 4.72 Å². The van der Waals surface area contributed by atoms with Gasteiger partial charge in [0.1, 0.15) is 10.7 Å². The summed E-state index contributed by atoms with van der Waals surface area (Å²) in [6, 6.07) is 3.19. The Morgan fingerprint density at radius 2 is 2.28 bits per heavy atom. The average Bonchev–Trinajstić information content (AvgIpc) is 2.88. The van der Waals surface area contributed by atoms with Crippen LogP contribution in [0.15, 0.2) is 36.9 Å². The number of hydrogen-bond donors (Lipinski definition) is 2. The number of rotatable bonds is 5. The molecule has 0 unspecified atom stereocenters. The van der Waals surface area contributed by atoms with E-state index < -0.39 is 10.0 Å². The third-order valence-electron chi connectivity index (χ3n) is 2.12. The predicted octanol–water partition coefficient (Wildman–Crippen LogP) is 2.62. The van der Waals surface area contributed by atoms with Gasteiger partial charge in [-0.1, -0.05) is 0 Å². The van der Waals surface area contributed by atoms with Gasteiger partial charge < -0.3 is 9.73 Å². The van der Waals surface area contributed by atoms with Crippen LogP contribution in [-0.2, 0) is 16.6 Å². The van der Waals surface area contributed by atoms with E-state index in [2.05, 4.69) is 26.0 Å². The molecule has 2 aromatic rings. The Balaban J connectivity index is 2.29. The molecule has 98 valence electrons. The summed E-state index contributed by atoms with van der Waals surface area (Å²) >= 11 is 4.54. The number of nitrogens with one attached hydrogen (secondary N) is 2. The van der Waals surface area contributed by atoms with E-state index in [0.29, 0.717) is 18.0 Å². The summed E-state index contributed by atoms with van der Waals surface area (Å²) in [7, 11) is -1.86. The van der Waals surface area contributed by atoms with Crippen molar-refractivity contribution in [2.45, 2.75) is 11.4 Å². The second kappa shape index (κ2) is 5.43. The molecule has 0 amide bonds. The van der Waals surface area contributed by atoms with Crippen LogP contribution in [0.3, 0.4) is 0 Å². The third-order valence-corrected chi connectivity index (χ3v) is 5.04. The lowest BCUT2D eigenvalue weighted by molar-refractivity contribution is 0.470. The molecule has 0 aliphatic carbocycles. The van der Waals surface area contributed by atoms with Gasteiger partial charge in [0, 0.05) is 11.4 Å². The molecule has 0 spiro atoms. The molecule has 0 aliphatic heterocycles. The smallest absolute Gasteiger partial charge is 0.266 e. The summed E-state index contributed by atoms with van der Waals surface area (Å²) in [6.45, 7) is 0.465. The maximum Gasteiger partial charge on any atom is 0.266 e. The van der Waals surface area contributed by atoms with Crippen molar-refractivity contribution in [1.82, 2.24) is 5.32 Å². The van der Waals surface area contributed by atoms with Crippen LogP contribution < -0.4 is 10.0 Å². The van der Waals surface area contributed by atoms with Gasteiger partial charge in [-0.15, -0.1) is 0 Å². The van der Waals surface area contributed by atoms with Crippen LogP contribution in [0.2, 0.25) is 0 Å². The molecule has 0 saturated heterocycles.